The third-order valence-electron chi connectivity index (χ3n) is 6.45. The van der Waals surface area contributed by atoms with Gasteiger partial charge in [0.2, 0.25) is 0 Å². The SMILES string of the molecule is CC1(C)c2cc(N3CCC(=O)CC3)c(C#N)cc2C(=O)c2c1[nH]c1cc(Br)ccc21. The van der Waals surface area contributed by atoms with Crippen LogP contribution in [-0.4, -0.2) is 29.6 Å². The van der Waals surface area contributed by atoms with Crippen molar-refractivity contribution in [2.75, 3.05) is 18.0 Å². The third-order valence-corrected chi connectivity index (χ3v) is 6.94. The van der Waals surface area contributed by atoms with Gasteiger partial charge in [0.1, 0.15) is 11.9 Å². The molecule has 1 aliphatic carbocycles. The molecule has 30 heavy (non-hydrogen) atoms. The van der Waals surface area contributed by atoms with Crippen molar-refractivity contribution >= 4 is 44.1 Å². The van der Waals surface area contributed by atoms with Crippen molar-refractivity contribution in [3.8, 4) is 6.07 Å². The molecule has 0 radical (unpaired) electrons. The van der Waals surface area contributed by atoms with Crippen molar-refractivity contribution in [3.63, 3.8) is 0 Å². The first-order valence-electron chi connectivity index (χ1n) is 10.0. The molecular formula is C24H20BrN3O2. The number of piperidine rings is 1. The zero-order valence-electron chi connectivity index (χ0n) is 16.8. The van der Waals surface area contributed by atoms with E-state index in [1.807, 2.05) is 24.3 Å². The molecule has 0 atom stereocenters. The molecule has 0 unspecified atom stereocenters. The fourth-order valence-electron chi connectivity index (χ4n) is 4.79. The lowest BCUT2D eigenvalue weighted by Gasteiger charge is -2.35. The van der Waals surface area contributed by atoms with Crippen LogP contribution in [0.3, 0.4) is 0 Å². The van der Waals surface area contributed by atoms with Crippen molar-refractivity contribution in [2.45, 2.75) is 32.1 Å². The number of hydrogen-bond acceptors (Lipinski definition) is 4. The molecule has 5 nitrogen and oxygen atoms in total. The summed E-state index contributed by atoms with van der Waals surface area (Å²) in [7, 11) is 0. The molecule has 150 valence electrons. The van der Waals surface area contributed by atoms with E-state index >= 15 is 0 Å². The fourth-order valence-corrected chi connectivity index (χ4v) is 5.15. The van der Waals surface area contributed by atoms with Gasteiger partial charge in [-0.25, -0.2) is 0 Å². The standard InChI is InChI=1S/C24H20BrN3O2/c1-24(2)18-11-20(28-7-5-15(29)6-8-28)13(12-26)9-17(18)22(30)21-16-4-3-14(25)10-19(16)27-23(21)24/h3-4,9-11,27H,5-8H2,1-2H3. The number of carbonyl (C=O) groups excluding carboxylic acids is 2. The first-order valence-corrected chi connectivity index (χ1v) is 10.8. The number of hydrogen-bond donors (Lipinski definition) is 1. The molecule has 6 heteroatoms. The number of aromatic amines is 1. The number of carbonyl (C=O) groups is 2. The number of anilines is 1. The monoisotopic (exact) mass is 461 g/mol. The fraction of sp³-hybridized carbons (Fsp3) is 0.292. The van der Waals surface area contributed by atoms with Gasteiger partial charge in [0.25, 0.3) is 0 Å². The van der Waals surface area contributed by atoms with Crippen LogP contribution in [0.2, 0.25) is 0 Å². The van der Waals surface area contributed by atoms with Crippen LogP contribution in [0.1, 0.15) is 59.4 Å². The number of fused-ring (bicyclic) bond motifs is 4. The van der Waals surface area contributed by atoms with E-state index in [2.05, 4.69) is 45.7 Å². The average molecular weight is 462 g/mol. The first kappa shape index (κ1) is 19.1. The number of nitrogens with zero attached hydrogens (tertiary/aromatic N) is 2. The van der Waals surface area contributed by atoms with Crippen LogP contribution in [0.5, 0.6) is 0 Å². The van der Waals surface area contributed by atoms with Crippen LogP contribution in [0.25, 0.3) is 10.9 Å². The van der Waals surface area contributed by atoms with Crippen molar-refractivity contribution in [2.24, 2.45) is 0 Å². The van der Waals surface area contributed by atoms with Crippen LogP contribution in [0.15, 0.2) is 34.8 Å². The lowest BCUT2D eigenvalue weighted by atomic mass is 9.70. The van der Waals surface area contributed by atoms with E-state index in [-0.39, 0.29) is 11.6 Å². The number of benzene rings is 2. The summed E-state index contributed by atoms with van der Waals surface area (Å²) < 4.78 is 0.949. The number of rotatable bonds is 1. The molecule has 1 aromatic heterocycles. The number of nitriles is 1. The number of ketones is 2. The minimum Gasteiger partial charge on any atom is -0.370 e. The molecule has 0 spiro atoms. The number of aromatic nitrogens is 1. The first-order chi connectivity index (χ1) is 14.3. The quantitative estimate of drug-likeness (QED) is 0.562. The van der Waals surface area contributed by atoms with Crippen LogP contribution in [-0.2, 0) is 10.2 Å². The summed E-state index contributed by atoms with van der Waals surface area (Å²) in [5, 5.41) is 10.7. The van der Waals surface area contributed by atoms with Gasteiger partial charge in [-0.1, -0.05) is 35.8 Å². The normalized spacial score (nSPS) is 17.6. The highest BCUT2D eigenvalue weighted by atomic mass is 79.9. The topological polar surface area (TPSA) is 77.0 Å². The summed E-state index contributed by atoms with van der Waals surface area (Å²) >= 11 is 3.50. The summed E-state index contributed by atoms with van der Waals surface area (Å²) in [4.78, 5) is 30.8. The Hall–Kier alpha value is -2.91. The summed E-state index contributed by atoms with van der Waals surface area (Å²) in [6, 6.07) is 11.9. The number of H-pyrrole nitrogens is 1. The van der Waals surface area contributed by atoms with Crippen LogP contribution < -0.4 is 4.90 Å². The average Bonchev–Trinajstić information content (AvgIpc) is 3.12. The number of nitrogens with one attached hydrogen (secondary N) is 1. The van der Waals surface area contributed by atoms with Gasteiger partial charge in [0.05, 0.1) is 16.8 Å². The largest absolute Gasteiger partial charge is 0.370 e. The van der Waals surface area contributed by atoms with Crippen LogP contribution in [0.4, 0.5) is 5.69 Å². The van der Waals surface area contributed by atoms with Gasteiger partial charge < -0.3 is 9.88 Å². The summed E-state index contributed by atoms with van der Waals surface area (Å²) in [5.74, 6) is 0.205. The molecule has 3 aromatic rings. The molecule has 1 fully saturated rings. The Bertz CT molecular complexity index is 1290. The van der Waals surface area contributed by atoms with Gasteiger partial charge in [-0.3, -0.25) is 9.59 Å². The van der Waals surface area contributed by atoms with E-state index in [0.717, 1.165) is 32.3 Å². The molecular weight excluding hydrogens is 442 g/mol. The minimum atomic E-state index is -0.432. The molecule has 0 amide bonds. The Kier molecular flexibility index (Phi) is 4.16. The smallest absolute Gasteiger partial charge is 0.195 e. The van der Waals surface area contributed by atoms with E-state index in [1.54, 1.807) is 6.07 Å². The van der Waals surface area contributed by atoms with E-state index in [4.69, 9.17) is 0 Å². The molecule has 0 bridgehead atoms. The van der Waals surface area contributed by atoms with Gasteiger partial charge in [-0.05, 0) is 29.8 Å². The molecule has 2 heterocycles. The van der Waals surface area contributed by atoms with Gasteiger partial charge >= 0.3 is 0 Å². The highest BCUT2D eigenvalue weighted by molar-refractivity contribution is 9.10. The summed E-state index contributed by atoms with van der Waals surface area (Å²) in [6.07, 6.45) is 0.983. The Labute approximate surface area is 182 Å². The van der Waals surface area contributed by atoms with Crippen LogP contribution >= 0.6 is 15.9 Å². The summed E-state index contributed by atoms with van der Waals surface area (Å²) in [6.45, 7) is 5.42. The molecule has 2 aliphatic rings. The second-order valence-electron chi connectivity index (χ2n) is 8.57. The van der Waals surface area contributed by atoms with Gasteiger partial charge in [0, 0.05) is 58.0 Å². The third kappa shape index (κ3) is 2.65. The Morgan fingerprint density at radius 2 is 1.87 bits per heavy atom. The maximum absolute atomic E-state index is 13.6. The maximum Gasteiger partial charge on any atom is 0.195 e. The number of Topliss-reactive ketones (excluding diaryl/α,β-unsaturated/α-hetero) is 1. The number of halogens is 1. The van der Waals surface area contributed by atoms with Crippen molar-refractivity contribution in [3.05, 3.63) is 62.8 Å². The summed E-state index contributed by atoms with van der Waals surface area (Å²) in [5.41, 5.74) is 4.87. The predicted octanol–water partition coefficient (Wildman–Crippen LogP) is 4.84. The highest BCUT2D eigenvalue weighted by Crippen LogP contribution is 2.45. The van der Waals surface area contributed by atoms with E-state index in [0.29, 0.717) is 42.6 Å². The predicted molar refractivity (Wildman–Crippen MR) is 119 cm³/mol. The van der Waals surface area contributed by atoms with Crippen molar-refractivity contribution < 1.29 is 9.59 Å². The molecule has 1 saturated heterocycles. The molecule has 2 aromatic carbocycles. The molecule has 1 aliphatic heterocycles. The van der Waals surface area contributed by atoms with Gasteiger partial charge in [-0.2, -0.15) is 5.26 Å². The molecule has 0 saturated carbocycles. The van der Waals surface area contributed by atoms with Crippen molar-refractivity contribution in [1.29, 1.82) is 5.26 Å². The van der Waals surface area contributed by atoms with Crippen LogP contribution in [0, 0.1) is 11.3 Å². The minimum absolute atomic E-state index is 0.0511. The highest BCUT2D eigenvalue weighted by Gasteiger charge is 2.40. The molecule has 1 N–H and O–H groups in total. The second-order valence-corrected chi connectivity index (χ2v) is 9.49. The lowest BCUT2D eigenvalue weighted by Crippen LogP contribution is -2.36. The second kappa shape index (κ2) is 6.55. The Morgan fingerprint density at radius 3 is 2.57 bits per heavy atom. The molecule has 5 rings (SSSR count). The van der Waals surface area contributed by atoms with E-state index < -0.39 is 5.41 Å². The Balaban J connectivity index is 1.72. The van der Waals surface area contributed by atoms with Crippen molar-refractivity contribution in [1.82, 2.24) is 4.98 Å². The van der Waals surface area contributed by atoms with E-state index in [1.165, 1.54) is 0 Å². The zero-order chi connectivity index (χ0) is 21.2. The maximum atomic E-state index is 13.6. The Morgan fingerprint density at radius 1 is 1.13 bits per heavy atom. The zero-order valence-corrected chi connectivity index (χ0v) is 18.4. The van der Waals surface area contributed by atoms with Gasteiger partial charge in [-0.15, -0.1) is 0 Å². The van der Waals surface area contributed by atoms with Gasteiger partial charge in [0.15, 0.2) is 5.78 Å². The van der Waals surface area contributed by atoms with E-state index in [9.17, 15) is 14.9 Å². The lowest BCUT2D eigenvalue weighted by molar-refractivity contribution is -0.119.